The first-order chi connectivity index (χ1) is 17.4. The molecular formula is C33H33Cl2NSiZr-. The van der Waals surface area contributed by atoms with Gasteiger partial charge in [0.05, 0.1) is 0 Å². The summed E-state index contributed by atoms with van der Waals surface area (Å²) in [5.41, 5.74) is 10.7. The van der Waals surface area contributed by atoms with Crippen LogP contribution in [0, 0.1) is 13.8 Å². The normalized spacial score (nSPS) is 11.2. The third-order valence-electron chi connectivity index (χ3n) is 6.23. The monoisotopic (exact) mass is 631 g/mol. The Morgan fingerprint density at radius 1 is 0.737 bits per heavy atom. The molecule has 193 valence electrons. The zero-order chi connectivity index (χ0) is 25.7. The molecule has 0 amide bonds. The molecule has 0 fully saturated rings. The predicted octanol–water partition coefficient (Wildman–Crippen LogP) is 2.33. The molecule has 1 aliphatic carbocycles. The minimum Gasteiger partial charge on any atom is -1.00 e. The number of nitrogens with zero attached hydrogens (tertiary/aromatic N) is 1. The first-order valence-electron chi connectivity index (χ1n) is 12.5. The van der Waals surface area contributed by atoms with Crippen LogP contribution < -0.4 is 24.8 Å². The second kappa shape index (κ2) is 14.8. The van der Waals surface area contributed by atoms with Gasteiger partial charge < -0.3 is 24.8 Å². The Morgan fingerprint density at radius 2 is 1.34 bits per heavy atom. The van der Waals surface area contributed by atoms with Crippen molar-refractivity contribution in [1.82, 2.24) is 4.57 Å². The average molecular weight is 634 g/mol. The Morgan fingerprint density at radius 3 is 1.97 bits per heavy atom. The van der Waals surface area contributed by atoms with Gasteiger partial charge in [0.1, 0.15) is 0 Å². The van der Waals surface area contributed by atoms with E-state index in [0.29, 0.717) is 0 Å². The van der Waals surface area contributed by atoms with Crippen LogP contribution in [-0.2, 0) is 24.2 Å². The molecule has 0 N–H and O–H groups in total. The number of hydrogen-bond acceptors (Lipinski definition) is 0. The molecule has 0 spiro atoms. The number of allylic oxidation sites excluding steroid dienone is 1. The number of benzene rings is 3. The van der Waals surface area contributed by atoms with E-state index in [2.05, 4.69) is 142 Å². The molecule has 4 aromatic carbocycles. The summed E-state index contributed by atoms with van der Waals surface area (Å²) >= 11 is 1.50. The summed E-state index contributed by atoms with van der Waals surface area (Å²) in [6, 6.07) is 34.4. The molecule has 0 bridgehead atoms. The molecule has 0 saturated heterocycles. The van der Waals surface area contributed by atoms with Gasteiger partial charge in [0, 0.05) is 9.52 Å². The number of fused-ring (bicyclic) bond motifs is 2. The molecule has 1 aromatic heterocycles. The van der Waals surface area contributed by atoms with Crippen molar-refractivity contribution in [2.24, 2.45) is 0 Å². The maximum Gasteiger partial charge on any atom is 0.0213 e. The van der Waals surface area contributed by atoms with E-state index < -0.39 is 0 Å². The zero-order valence-electron chi connectivity index (χ0n) is 22.6. The van der Waals surface area contributed by atoms with E-state index in [-0.39, 0.29) is 24.8 Å². The molecule has 5 aromatic rings. The topological polar surface area (TPSA) is 4.93 Å². The average Bonchev–Trinajstić information content (AvgIpc) is 3.51. The molecule has 38 heavy (non-hydrogen) atoms. The molecule has 1 heterocycles. The first kappa shape index (κ1) is 32.1. The fourth-order valence-electron chi connectivity index (χ4n) is 4.66. The minimum atomic E-state index is 0. The van der Waals surface area contributed by atoms with E-state index in [9.17, 15) is 0 Å². The molecule has 1 aliphatic rings. The van der Waals surface area contributed by atoms with E-state index in [1.165, 1.54) is 83.1 Å². The van der Waals surface area contributed by atoms with Gasteiger partial charge in [0.2, 0.25) is 0 Å². The van der Waals surface area contributed by atoms with Crippen LogP contribution in [0.15, 0.2) is 103 Å². The quantitative estimate of drug-likeness (QED) is 0.208. The van der Waals surface area contributed by atoms with Gasteiger partial charge in [-0.2, -0.15) is 6.07 Å². The van der Waals surface area contributed by atoms with Crippen LogP contribution in [0.25, 0.3) is 33.7 Å². The molecule has 0 aliphatic heterocycles. The van der Waals surface area contributed by atoms with Gasteiger partial charge in [-0.25, -0.2) is 0 Å². The van der Waals surface area contributed by atoms with Crippen molar-refractivity contribution in [1.29, 1.82) is 0 Å². The van der Waals surface area contributed by atoms with Gasteiger partial charge in [-0.05, 0) is 5.56 Å². The van der Waals surface area contributed by atoms with Gasteiger partial charge in [0.25, 0.3) is 0 Å². The van der Waals surface area contributed by atoms with Crippen molar-refractivity contribution in [3.63, 3.8) is 0 Å². The third-order valence-corrected chi connectivity index (χ3v) is 7.87. The Labute approximate surface area is 257 Å². The fourth-order valence-corrected chi connectivity index (χ4v) is 5.33. The second-order valence-corrected chi connectivity index (χ2v) is 11.6. The molecule has 1 nitrogen and oxygen atoms in total. The molecule has 0 atom stereocenters. The molecule has 6 rings (SSSR count). The van der Waals surface area contributed by atoms with Crippen LogP contribution >= 0.6 is 0 Å². The number of hydrogen-bond donors (Lipinski definition) is 0. The first-order valence-corrected chi connectivity index (χ1v) is 16.0. The Hall–Kier alpha value is -2.16. The summed E-state index contributed by atoms with van der Waals surface area (Å²) in [5, 5.41) is 2.69. The predicted molar refractivity (Wildman–Crippen MR) is 157 cm³/mol. The van der Waals surface area contributed by atoms with E-state index in [4.69, 9.17) is 0 Å². The summed E-state index contributed by atoms with van der Waals surface area (Å²) < 4.78 is 3.83. The Kier molecular flexibility index (Phi) is 12.5. The smallest absolute Gasteiger partial charge is 0.0213 e. The van der Waals surface area contributed by atoms with Gasteiger partial charge in [0.15, 0.2) is 0 Å². The van der Waals surface area contributed by atoms with Crippen molar-refractivity contribution in [3.8, 4) is 16.8 Å². The number of halogens is 2. The summed E-state index contributed by atoms with van der Waals surface area (Å²) in [5.74, 6) is 0. The summed E-state index contributed by atoms with van der Waals surface area (Å²) in [7, 11) is 0.750. The SMILES string of the molecule is CC1=Cc2c(cc(C)n2-c2ccccc2)[C]1=[Zr+2].C[SiH]C.Cc1cc2c(-c3ccccc3)cccc2[cH-]1.[Cl-].[Cl-]. The molecule has 1 radical (unpaired) electrons. The summed E-state index contributed by atoms with van der Waals surface area (Å²) in [6.45, 7) is 10.9. The summed E-state index contributed by atoms with van der Waals surface area (Å²) in [4.78, 5) is 0. The number of aromatic nitrogens is 1. The van der Waals surface area contributed by atoms with E-state index in [0.717, 1.165) is 9.52 Å². The van der Waals surface area contributed by atoms with E-state index >= 15 is 0 Å². The maximum atomic E-state index is 2.34. The van der Waals surface area contributed by atoms with Crippen molar-refractivity contribution in [3.05, 3.63) is 125 Å². The van der Waals surface area contributed by atoms with Gasteiger partial charge >= 0.3 is 117 Å². The van der Waals surface area contributed by atoms with Crippen LogP contribution in [0.2, 0.25) is 13.1 Å². The Bertz CT molecular complexity index is 1520. The second-order valence-electron chi connectivity index (χ2n) is 9.24. The van der Waals surface area contributed by atoms with Crippen LogP contribution in [0.5, 0.6) is 0 Å². The van der Waals surface area contributed by atoms with Crippen molar-refractivity contribution < 1.29 is 49.0 Å². The van der Waals surface area contributed by atoms with Crippen LogP contribution in [0.4, 0.5) is 0 Å². The third kappa shape index (κ3) is 7.07. The van der Waals surface area contributed by atoms with Crippen LogP contribution in [-0.4, -0.2) is 17.3 Å². The van der Waals surface area contributed by atoms with Gasteiger partial charge in [-0.15, -0.1) is 34.5 Å². The number of aryl methyl sites for hydroxylation is 2. The van der Waals surface area contributed by atoms with Crippen molar-refractivity contribution in [2.75, 3.05) is 0 Å². The largest absolute Gasteiger partial charge is 1.00 e. The van der Waals surface area contributed by atoms with E-state index in [1.54, 1.807) is 0 Å². The standard InChI is InChI=1S/C16H13.C15H13N.C2H7Si.2ClH.Zr/c1-12-10-14-8-5-9-15(16(14)11-12)13-6-3-2-4-7-13;1-11-8-13-10-12(2)16(15(13)9-11)14-6-4-3-5-7-14;1-3-2;;;/h2-11H,1H3;3-7,9-10H,1-2H3;3H,1-2H3;2*1H;/q-1;;;;;+2/p-2. The Balaban J connectivity index is 0.000000231. The number of rotatable bonds is 2. The fraction of sp³-hybridized carbons (Fsp3) is 0.152. The maximum absolute atomic E-state index is 2.34. The molecule has 0 saturated carbocycles. The van der Waals surface area contributed by atoms with Gasteiger partial charge in [-0.3, -0.25) is 0 Å². The van der Waals surface area contributed by atoms with Crippen LogP contribution in [0.1, 0.15) is 29.4 Å². The molecule has 0 unspecified atom stereocenters. The van der Waals surface area contributed by atoms with Crippen molar-refractivity contribution >= 4 is 29.6 Å². The van der Waals surface area contributed by atoms with Gasteiger partial charge in [-0.1, -0.05) is 62.0 Å². The summed E-state index contributed by atoms with van der Waals surface area (Å²) in [6.07, 6.45) is 2.30. The molecule has 5 heteroatoms. The van der Waals surface area contributed by atoms with Crippen molar-refractivity contribution in [2.45, 2.75) is 33.9 Å². The minimum absolute atomic E-state index is 0. The number of para-hydroxylation sites is 1. The van der Waals surface area contributed by atoms with Crippen LogP contribution in [0.3, 0.4) is 0 Å². The molecular weight excluding hydrogens is 601 g/mol. The van der Waals surface area contributed by atoms with E-state index in [1.807, 2.05) is 0 Å². The zero-order valence-corrected chi connectivity index (χ0v) is 27.7.